The van der Waals surface area contributed by atoms with Crippen LogP contribution in [-0.2, 0) is 6.42 Å². The summed E-state index contributed by atoms with van der Waals surface area (Å²) in [5.41, 5.74) is 4.03. The highest BCUT2D eigenvalue weighted by Crippen LogP contribution is 2.36. The first-order chi connectivity index (χ1) is 9.60. The minimum atomic E-state index is 0.356. The van der Waals surface area contributed by atoms with Crippen molar-refractivity contribution < 1.29 is 0 Å². The van der Waals surface area contributed by atoms with E-state index in [2.05, 4.69) is 81.4 Å². The van der Waals surface area contributed by atoms with Crippen molar-refractivity contribution >= 4 is 43.2 Å². The highest BCUT2D eigenvalue weighted by molar-refractivity contribution is 9.12. The number of hydrogen-bond donors (Lipinski definition) is 1. The predicted octanol–water partition coefficient (Wildman–Crippen LogP) is 5.86. The monoisotopic (exact) mass is 415 g/mol. The van der Waals surface area contributed by atoms with E-state index in [1.165, 1.54) is 24.3 Å². The summed E-state index contributed by atoms with van der Waals surface area (Å²) in [6.07, 6.45) is 2.16. The van der Waals surface area contributed by atoms with Gasteiger partial charge in [-0.15, -0.1) is 11.3 Å². The number of halogens is 2. The lowest BCUT2D eigenvalue weighted by Gasteiger charge is -2.18. The zero-order chi connectivity index (χ0) is 14.5. The molecular weight excluding hydrogens is 398 g/mol. The topological polar surface area (TPSA) is 12.0 Å². The SMILES string of the molecule is CCCNC(Cc1ccc(C)cc1)c1cc(Br)sc1Br. The van der Waals surface area contributed by atoms with Crippen LogP contribution in [0.4, 0.5) is 0 Å². The molecule has 2 rings (SSSR count). The molecule has 1 aromatic carbocycles. The van der Waals surface area contributed by atoms with Gasteiger partial charge in [-0.25, -0.2) is 0 Å². The van der Waals surface area contributed by atoms with Crippen LogP contribution in [0.15, 0.2) is 37.9 Å². The van der Waals surface area contributed by atoms with Gasteiger partial charge in [0.2, 0.25) is 0 Å². The van der Waals surface area contributed by atoms with Crippen molar-refractivity contribution in [1.29, 1.82) is 0 Å². The normalized spacial score (nSPS) is 12.6. The van der Waals surface area contributed by atoms with Crippen LogP contribution < -0.4 is 5.32 Å². The lowest BCUT2D eigenvalue weighted by molar-refractivity contribution is 0.529. The molecule has 0 radical (unpaired) electrons. The van der Waals surface area contributed by atoms with E-state index in [0.717, 1.165) is 19.4 Å². The minimum Gasteiger partial charge on any atom is -0.310 e. The molecule has 0 amide bonds. The maximum absolute atomic E-state index is 3.68. The quantitative estimate of drug-likeness (QED) is 0.621. The van der Waals surface area contributed by atoms with Crippen molar-refractivity contribution in [1.82, 2.24) is 5.32 Å². The van der Waals surface area contributed by atoms with Crippen LogP contribution in [-0.4, -0.2) is 6.54 Å². The highest BCUT2D eigenvalue weighted by atomic mass is 79.9. The Hall–Kier alpha value is -0.160. The largest absolute Gasteiger partial charge is 0.310 e. The fourth-order valence-electron chi connectivity index (χ4n) is 2.16. The summed E-state index contributed by atoms with van der Waals surface area (Å²) in [6.45, 7) is 5.37. The second-order valence-corrected chi connectivity index (χ2v) is 8.73. The van der Waals surface area contributed by atoms with Crippen molar-refractivity contribution in [2.45, 2.75) is 32.7 Å². The Morgan fingerprint density at radius 3 is 2.45 bits per heavy atom. The molecule has 1 atom stereocenters. The van der Waals surface area contributed by atoms with Crippen LogP contribution in [0.5, 0.6) is 0 Å². The van der Waals surface area contributed by atoms with E-state index in [4.69, 9.17) is 0 Å². The van der Waals surface area contributed by atoms with Crippen LogP contribution in [0, 0.1) is 6.92 Å². The zero-order valence-electron chi connectivity index (χ0n) is 11.7. The van der Waals surface area contributed by atoms with Gasteiger partial charge in [0.1, 0.15) is 0 Å². The summed E-state index contributed by atoms with van der Waals surface area (Å²) in [7, 11) is 0. The predicted molar refractivity (Wildman–Crippen MR) is 95.6 cm³/mol. The molecule has 1 unspecified atom stereocenters. The molecule has 0 saturated heterocycles. The van der Waals surface area contributed by atoms with Gasteiger partial charge in [-0.2, -0.15) is 0 Å². The molecule has 1 N–H and O–H groups in total. The van der Waals surface area contributed by atoms with Crippen molar-refractivity contribution in [3.63, 3.8) is 0 Å². The van der Waals surface area contributed by atoms with Gasteiger partial charge < -0.3 is 5.32 Å². The van der Waals surface area contributed by atoms with Gasteiger partial charge in [-0.3, -0.25) is 0 Å². The molecule has 0 aliphatic carbocycles. The molecule has 1 aromatic heterocycles. The zero-order valence-corrected chi connectivity index (χ0v) is 15.7. The third-order valence-electron chi connectivity index (χ3n) is 3.26. The van der Waals surface area contributed by atoms with Crippen LogP contribution in [0.1, 0.15) is 36.1 Å². The van der Waals surface area contributed by atoms with E-state index >= 15 is 0 Å². The molecule has 4 heteroatoms. The smallest absolute Gasteiger partial charge is 0.0758 e. The first-order valence-corrected chi connectivity index (χ1v) is 9.24. The highest BCUT2D eigenvalue weighted by Gasteiger charge is 2.17. The van der Waals surface area contributed by atoms with Gasteiger partial charge >= 0.3 is 0 Å². The first kappa shape index (κ1) is 16.2. The van der Waals surface area contributed by atoms with Crippen molar-refractivity contribution in [2.24, 2.45) is 0 Å². The third kappa shape index (κ3) is 4.42. The van der Waals surface area contributed by atoms with Gasteiger partial charge in [0.25, 0.3) is 0 Å². The van der Waals surface area contributed by atoms with E-state index in [1.807, 2.05) is 0 Å². The van der Waals surface area contributed by atoms with E-state index in [9.17, 15) is 0 Å². The molecule has 0 spiro atoms. The van der Waals surface area contributed by atoms with Crippen molar-refractivity contribution in [3.05, 3.63) is 54.6 Å². The first-order valence-electron chi connectivity index (χ1n) is 6.83. The molecule has 0 aliphatic rings. The molecule has 0 fully saturated rings. The second kappa shape index (κ2) is 7.74. The molecule has 1 heterocycles. The maximum atomic E-state index is 3.68. The lowest BCUT2D eigenvalue weighted by atomic mass is 10.0. The Labute approximate surface area is 142 Å². The molecule has 0 aliphatic heterocycles. The summed E-state index contributed by atoms with van der Waals surface area (Å²) in [5.74, 6) is 0. The molecule has 2 aromatic rings. The standard InChI is InChI=1S/C16H19Br2NS/c1-3-8-19-14(13-10-15(17)20-16(13)18)9-12-6-4-11(2)5-7-12/h4-7,10,14,19H,3,8-9H2,1-2H3. The number of nitrogens with one attached hydrogen (secondary N) is 1. The van der Waals surface area contributed by atoms with Crippen LogP contribution in [0.25, 0.3) is 0 Å². The summed E-state index contributed by atoms with van der Waals surface area (Å²) < 4.78 is 2.39. The van der Waals surface area contributed by atoms with Gasteiger partial charge in [-0.05, 0) is 75.4 Å². The van der Waals surface area contributed by atoms with E-state index in [0.29, 0.717) is 6.04 Å². The Morgan fingerprint density at radius 1 is 1.20 bits per heavy atom. The minimum absolute atomic E-state index is 0.356. The fraction of sp³-hybridized carbons (Fsp3) is 0.375. The Balaban J connectivity index is 2.19. The maximum Gasteiger partial charge on any atom is 0.0758 e. The fourth-order valence-corrected chi connectivity index (χ4v) is 5.14. The van der Waals surface area contributed by atoms with E-state index in [-0.39, 0.29) is 0 Å². The van der Waals surface area contributed by atoms with Crippen molar-refractivity contribution in [2.75, 3.05) is 6.54 Å². The van der Waals surface area contributed by atoms with E-state index < -0.39 is 0 Å². The lowest BCUT2D eigenvalue weighted by Crippen LogP contribution is -2.24. The van der Waals surface area contributed by atoms with Gasteiger partial charge in [-0.1, -0.05) is 36.8 Å². The Morgan fingerprint density at radius 2 is 1.90 bits per heavy atom. The summed E-state index contributed by atoms with van der Waals surface area (Å²) >= 11 is 9.00. The van der Waals surface area contributed by atoms with Gasteiger partial charge in [0, 0.05) is 6.04 Å². The molecular formula is C16H19Br2NS. The number of rotatable bonds is 6. The molecule has 1 nitrogen and oxygen atoms in total. The number of thiophene rings is 1. The molecule has 20 heavy (non-hydrogen) atoms. The van der Waals surface area contributed by atoms with Crippen LogP contribution in [0.3, 0.4) is 0 Å². The third-order valence-corrected chi connectivity index (χ3v) is 5.65. The Bertz CT molecular complexity index is 548. The summed E-state index contributed by atoms with van der Waals surface area (Å²) in [4.78, 5) is 0. The average Bonchev–Trinajstić information content (AvgIpc) is 2.76. The Kier molecular flexibility index (Phi) is 6.27. The second-order valence-electron chi connectivity index (χ2n) is 4.98. The van der Waals surface area contributed by atoms with Gasteiger partial charge in [0.15, 0.2) is 0 Å². The summed E-state index contributed by atoms with van der Waals surface area (Å²) in [6, 6.07) is 11.4. The molecule has 0 bridgehead atoms. The molecule has 0 saturated carbocycles. The van der Waals surface area contributed by atoms with Crippen LogP contribution in [0.2, 0.25) is 0 Å². The average molecular weight is 417 g/mol. The van der Waals surface area contributed by atoms with Gasteiger partial charge in [0.05, 0.1) is 7.57 Å². The van der Waals surface area contributed by atoms with Crippen LogP contribution >= 0.6 is 43.2 Å². The number of benzene rings is 1. The van der Waals surface area contributed by atoms with E-state index in [1.54, 1.807) is 11.3 Å². The summed E-state index contributed by atoms with van der Waals surface area (Å²) in [5, 5.41) is 3.66. The number of hydrogen-bond acceptors (Lipinski definition) is 2. The number of aryl methyl sites for hydroxylation is 1. The molecule has 108 valence electrons. The van der Waals surface area contributed by atoms with Crippen molar-refractivity contribution in [3.8, 4) is 0 Å².